The molecule has 0 saturated heterocycles. The molecule has 1 atom stereocenters. The fraction of sp³-hybridized carbons (Fsp3) is 0.143. The molecular weight excluding hydrogens is 350 g/mol. The molecule has 10 heteroatoms. The van der Waals surface area contributed by atoms with Gasteiger partial charge >= 0.3 is 0 Å². The number of aromatic nitrogens is 1. The van der Waals surface area contributed by atoms with Crippen molar-refractivity contribution in [2.24, 2.45) is 10.3 Å². The first-order chi connectivity index (χ1) is 11.7. The van der Waals surface area contributed by atoms with Crippen LogP contribution in [-0.2, 0) is 14.4 Å². The molecule has 1 aliphatic rings. The van der Waals surface area contributed by atoms with Gasteiger partial charge in [-0.15, -0.1) is 16.4 Å². The molecule has 8 nitrogen and oxygen atoms in total. The SMILES string of the molecule is CO/N=C(\C(=O)SC1NN=C(c2ccccc2)O1)c1csc(N)n1. The molecule has 3 N–H and O–H groups in total. The third-order valence-corrected chi connectivity index (χ3v) is 4.36. The van der Waals surface area contributed by atoms with Gasteiger partial charge in [0.05, 0.1) is 0 Å². The zero-order valence-corrected chi connectivity index (χ0v) is 14.1. The van der Waals surface area contributed by atoms with Crippen LogP contribution in [0.4, 0.5) is 5.13 Å². The number of benzene rings is 1. The fourth-order valence-corrected chi connectivity index (χ4v) is 3.10. The molecule has 24 heavy (non-hydrogen) atoms. The van der Waals surface area contributed by atoms with Gasteiger partial charge in [0.25, 0.3) is 0 Å². The van der Waals surface area contributed by atoms with E-state index in [4.69, 9.17) is 15.3 Å². The van der Waals surface area contributed by atoms with Crippen LogP contribution in [0, 0.1) is 0 Å². The number of hydrogen-bond acceptors (Lipinski definition) is 10. The van der Waals surface area contributed by atoms with Crippen LogP contribution in [0.1, 0.15) is 11.3 Å². The van der Waals surface area contributed by atoms with E-state index in [9.17, 15) is 4.79 Å². The minimum atomic E-state index is -0.661. The monoisotopic (exact) mass is 363 g/mol. The Morgan fingerprint density at radius 2 is 2.25 bits per heavy atom. The second-order valence-electron chi connectivity index (χ2n) is 4.46. The quantitative estimate of drug-likeness (QED) is 0.613. The van der Waals surface area contributed by atoms with Crippen LogP contribution in [0.2, 0.25) is 0 Å². The molecule has 0 saturated carbocycles. The summed E-state index contributed by atoms with van der Waals surface area (Å²) in [5, 5.41) is 9.44. The number of ether oxygens (including phenoxy) is 1. The van der Waals surface area contributed by atoms with Crippen molar-refractivity contribution < 1.29 is 14.4 Å². The maximum atomic E-state index is 12.4. The van der Waals surface area contributed by atoms with Gasteiger partial charge in [0.15, 0.2) is 10.8 Å². The molecular formula is C14H13N5O3S2. The maximum Gasteiger partial charge on any atom is 0.248 e. The van der Waals surface area contributed by atoms with Crippen LogP contribution in [0.3, 0.4) is 0 Å². The highest BCUT2D eigenvalue weighted by molar-refractivity contribution is 8.15. The third kappa shape index (κ3) is 3.66. The summed E-state index contributed by atoms with van der Waals surface area (Å²) in [5.41, 5.74) is 8.94. The summed E-state index contributed by atoms with van der Waals surface area (Å²) < 4.78 is 5.63. The zero-order chi connectivity index (χ0) is 16.9. The Hall–Kier alpha value is -2.59. The molecule has 1 aliphatic heterocycles. The van der Waals surface area contributed by atoms with Crippen LogP contribution in [-0.4, -0.2) is 34.4 Å². The Kier molecular flexibility index (Phi) is 4.96. The number of hydrazone groups is 1. The lowest BCUT2D eigenvalue weighted by molar-refractivity contribution is -0.105. The lowest BCUT2D eigenvalue weighted by atomic mass is 10.2. The van der Waals surface area contributed by atoms with E-state index in [0.29, 0.717) is 16.7 Å². The molecule has 0 bridgehead atoms. The summed E-state index contributed by atoms with van der Waals surface area (Å²) in [6.07, 6.45) is 0. The summed E-state index contributed by atoms with van der Waals surface area (Å²) >= 11 is 2.10. The van der Waals surface area contributed by atoms with E-state index < -0.39 is 5.56 Å². The highest BCUT2D eigenvalue weighted by Gasteiger charge is 2.28. The van der Waals surface area contributed by atoms with Gasteiger partial charge in [-0.3, -0.25) is 10.2 Å². The molecule has 0 fully saturated rings. The van der Waals surface area contributed by atoms with Crippen molar-refractivity contribution in [3.05, 3.63) is 47.0 Å². The van der Waals surface area contributed by atoms with E-state index >= 15 is 0 Å². The van der Waals surface area contributed by atoms with Crippen molar-refractivity contribution in [2.75, 3.05) is 12.8 Å². The van der Waals surface area contributed by atoms with Crippen molar-refractivity contribution in [3.63, 3.8) is 0 Å². The standard InChI is InChI=1S/C14H13N5O3S2/c1-21-19-10(9-7-23-13(15)16-9)12(20)24-14-18-17-11(22-14)8-5-3-2-4-6-8/h2-7,14,18H,1H3,(H2,15,16)/b19-10-. The normalized spacial score (nSPS) is 17.0. The maximum absolute atomic E-state index is 12.4. The van der Waals surface area contributed by atoms with E-state index in [2.05, 4.69) is 20.7 Å². The molecule has 124 valence electrons. The minimum Gasteiger partial charge on any atom is -0.441 e. The van der Waals surface area contributed by atoms with Crippen molar-refractivity contribution in [2.45, 2.75) is 5.56 Å². The van der Waals surface area contributed by atoms with E-state index in [1.54, 1.807) is 5.38 Å². The predicted molar refractivity (Wildman–Crippen MR) is 93.7 cm³/mol. The first-order valence-corrected chi connectivity index (χ1v) is 8.52. The lowest BCUT2D eigenvalue weighted by Gasteiger charge is -2.09. The molecule has 0 spiro atoms. The number of nitrogens with zero attached hydrogens (tertiary/aromatic N) is 3. The fourth-order valence-electron chi connectivity index (χ4n) is 1.86. The number of nitrogens with two attached hydrogens (primary N) is 1. The van der Waals surface area contributed by atoms with Crippen molar-refractivity contribution in [3.8, 4) is 0 Å². The zero-order valence-electron chi connectivity index (χ0n) is 12.5. The largest absolute Gasteiger partial charge is 0.441 e. The Labute approximate surface area is 145 Å². The van der Waals surface area contributed by atoms with Gasteiger partial charge in [0.2, 0.25) is 16.6 Å². The number of anilines is 1. The number of hydrogen-bond donors (Lipinski definition) is 2. The summed E-state index contributed by atoms with van der Waals surface area (Å²) in [6.45, 7) is 0. The van der Waals surface area contributed by atoms with Crippen LogP contribution >= 0.6 is 23.1 Å². The lowest BCUT2D eigenvalue weighted by Crippen LogP contribution is -2.24. The van der Waals surface area contributed by atoms with Crippen molar-refractivity contribution in [1.29, 1.82) is 0 Å². The number of carbonyl (C=O) groups is 1. The summed E-state index contributed by atoms with van der Waals surface area (Å²) in [4.78, 5) is 21.2. The van der Waals surface area contributed by atoms with Crippen LogP contribution < -0.4 is 11.2 Å². The van der Waals surface area contributed by atoms with E-state index in [0.717, 1.165) is 17.3 Å². The molecule has 1 aromatic carbocycles. The Balaban J connectivity index is 1.66. The van der Waals surface area contributed by atoms with Gasteiger partial charge in [0, 0.05) is 10.9 Å². The molecule has 2 aromatic rings. The van der Waals surface area contributed by atoms with Crippen LogP contribution in [0.5, 0.6) is 0 Å². The summed E-state index contributed by atoms with van der Waals surface area (Å²) in [7, 11) is 1.36. The first-order valence-electron chi connectivity index (χ1n) is 6.76. The van der Waals surface area contributed by atoms with E-state index in [1.807, 2.05) is 30.3 Å². The Morgan fingerprint density at radius 3 is 2.92 bits per heavy atom. The van der Waals surface area contributed by atoms with Gasteiger partial charge in [-0.05, 0) is 23.9 Å². The van der Waals surface area contributed by atoms with E-state index in [-0.39, 0.29) is 10.8 Å². The highest BCUT2D eigenvalue weighted by atomic mass is 32.2. The number of nitrogens with one attached hydrogen (secondary N) is 1. The summed E-state index contributed by atoms with van der Waals surface area (Å²) in [5.74, 6) is 0.420. The topological polar surface area (TPSA) is 111 Å². The third-order valence-electron chi connectivity index (χ3n) is 2.87. The molecule has 1 unspecified atom stereocenters. The minimum absolute atomic E-state index is 0.0639. The number of carbonyl (C=O) groups excluding carboxylic acids is 1. The van der Waals surface area contributed by atoms with Crippen LogP contribution in [0.25, 0.3) is 0 Å². The molecule has 0 amide bonds. The second-order valence-corrected chi connectivity index (χ2v) is 6.38. The van der Waals surface area contributed by atoms with Crippen LogP contribution in [0.15, 0.2) is 46.0 Å². The molecule has 3 rings (SSSR count). The van der Waals surface area contributed by atoms with Gasteiger partial charge in [-0.25, -0.2) is 4.98 Å². The number of nitrogen functional groups attached to an aromatic ring is 1. The molecule has 2 heterocycles. The predicted octanol–water partition coefficient (Wildman–Crippen LogP) is 1.60. The molecule has 0 radical (unpaired) electrons. The molecule has 1 aromatic heterocycles. The smallest absolute Gasteiger partial charge is 0.248 e. The highest BCUT2D eigenvalue weighted by Crippen LogP contribution is 2.22. The average molecular weight is 363 g/mol. The number of thiazole rings is 1. The Morgan fingerprint density at radius 1 is 1.46 bits per heavy atom. The number of oxime groups is 1. The van der Waals surface area contributed by atoms with Gasteiger partial charge in [-0.1, -0.05) is 23.4 Å². The van der Waals surface area contributed by atoms with Gasteiger partial charge in [-0.2, -0.15) is 0 Å². The van der Waals surface area contributed by atoms with Gasteiger partial charge < -0.3 is 15.3 Å². The van der Waals surface area contributed by atoms with Crippen molar-refractivity contribution >= 4 is 45.0 Å². The van der Waals surface area contributed by atoms with Gasteiger partial charge in [0.1, 0.15) is 12.8 Å². The van der Waals surface area contributed by atoms with Crippen molar-refractivity contribution in [1.82, 2.24) is 10.4 Å². The average Bonchev–Trinajstić information content (AvgIpc) is 3.22. The molecule has 0 aliphatic carbocycles. The van der Waals surface area contributed by atoms with E-state index in [1.165, 1.54) is 18.4 Å². The number of rotatable bonds is 5. The first kappa shape index (κ1) is 16.3. The Bertz CT molecular complexity index is 791. The summed E-state index contributed by atoms with van der Waals surface area (Å²) in [6, 6.07) is 9.39. The second kappa shape index (κ2) is 7.32. The number of thioether (sulfide) groups is 1.